The number of methoxy groups -OCH3 is 2. The van der Waals surface area contributed by atoms with Crippen LogP contribution in [-0.2, 0) is 19.9 Å². The lowest BCUT2D eigenvalue weighted by Crippen LogP contribution is -2.42. The number of hydrogen-bond donors (Lipinski definition) is 2. The lowest BCUT2D eigenvalue weighted by molar-refractivity contribution is -0.134. The molecule has 224 valence electrons. The minimum absolute atomic E-state index is 0.0129. The van der Waals surface area contributed by atoms with E-state index in [1.165, 1.54) is 6.92 Å². The fourth-order valence-corrected chi connectivity index (χ4v) is 5.64. The Hall–Kier alpha value is -3.88. The van der Waals surface area contributed by atoms with Gasteiger partial charge in [-0.3, -0.25) is 9.59 Å². The highest BCUT2D eigenvalue weighted by molar-refractivity contribution is 5.77. The fourth-order valence-electron chi connectivity index (χ4n) is 5.64. The van der Waals surface area contributed by atoms with Gasteiger partial charge in [0.15, 0.2) is 0 Å². The molecule has 4 rings (SSSR count). The Morgan fingerprint density at radius 2 is 1.43 bits per heavy atom. The van der Waals surface area contributed by atoms with E-state index in [1.807, 2.05) is 78.9 Å². The number of carbonyl (C=O) groups is 2. The highest BCUT2D eigenvalue weighted by Crippen LogP contribution is 2.42. The van der Waals surface area contributed by atoms with Gasteiger partial charge in [0.2, 0.25) is 11.8 Å². The van der Waals surface area contributed by atoms with Gasteiger partial charge in [-0.15, -0.1) is 0 Å². The van der Waals surface area contributed by atoms with Crippen molar-refractivity contribution in [2.45, 2.75) is 56.8 Å². The first-order valence-electron chi connectivity index (χ1n) is 14.6. The zero-order valence-corrected chi connectivity index (χ0v) is 24.8. The molecule has 0 bridgehead atoms. The van der Waals surface area contributed by atoms with Crippen LogP contribution in [-0.4, -0.2) is 67.9 Å². The number of unbranched alkanes of at least 4 members (excludes halogenated alkanes) is 2. The molecule has 2 N–H and O–H groups in total. The summed E-state index contributed by atoms with van der Waals surface area (Å²) in [4.78, 5) is 26.1. The molecule has 0 unspecified atom stereocenters. The summed E-state index contributed by atoms with van der Waals surface area (Å²) in [6.45, 7) is 2.64. The van der Waals surface area contributed by atoms with E-state index in [0.717, 1.165) is 47.5 Å². The number of aliphatic hydroxyl groups excluding tert-OH is 1. The molecule has 42 heavy (non-hydrogen) atoms. The van der Waals surface area contributed by atoms with Crippen LogP contribution in [0.25, 0.3) is 0 Å². The summed E-state index contributed by atoms with van der Waals surface area (Å²) < 4.78 is 17.9. The highest BCUT2D eigenvalue weighted by Gasteiger charge is 2.41. The third kappa shape index (κ3) is 7.49. The van der Waals surface area contributed by atoms with Crippen molar-refractivity contribution in [3.63, 3.8) is 0 Å². The second-order valence-electron chi connectivity index (χ2n) is 10.7. The average Bonchev–Trinajstić information content (AvgIpc) is 3.40. The maximum Gasteiger partial charge on any atom is 0.222 e. The van der Waals surface area contributed by atoms with Crippen LogP contribution < -0.4 is 14.8 Å². The molecular weight excluding hydrogens is 532 g/mol. The molecule has 1 heterocycles. The van der Waals surface area contributed by atoms with Crippen LogP contribution in [0.4, 0.5) is 0 Å². The first kappa shape index (κ1) is 31.1. The van der Waals surface area contributed by atoms with E-state index < -0.39 is 11.7 Å². The summed E-state index contributed by atoms with van der Waals surface area (Å²) >= 11 is 0. The summed E-state index contributed by atoms with van der Waals surface area (Å²) in [5.74, 6) is 1.45. The molecular formula is C34H42N2O6. The molecule has 1 saturated heterocycles. The van der Waals surface area contributed by atoms with Crippen molar-refractivity contribution in [1.82, 2.24) is 10.2 Å². The van der Waals surface area contributed by atoms with Crippen molar-refractivity contribution in [3.05, 3.63) is 95.6 Å². The Labute approximate surface area is 248 Å². The van der Waals surface area contributed by atoms with E-state index in [4.69, 9.17) is 14.2 Å². The van der Waals surface area contributed by atoms with Crippen LogP contribution in [0.1, 0.15) is 55.7 Å². The van der Waals surface area contributed by atoms with Gasteiger partial charge in [0.1, 0.15) is 17.1 Å². The lowest BCUT2D eigenvalue weighted by Gasteiger charge is -2.38. The van der Waals surface area contributed by atoms with Crippen molar-refractivity contribution < 1.29 is 28.9 Å². The summed E-state index contributed by atoms with van der Waals surface area (Å²) in [7, 11) is 3.28. The van der Waals surface area contributed by atoms with Gasteiger partial charge in [-0.05, 0) is 60.2 Å². The molecule has 0 spiro atoms. The second-order valence-corrected chi connectivity index (χ2v) is 10.7. The highest BCUT2D eigenvalue weighted by atomic mass is 16.5. The number of aliphatic hydroxyl groups is 1. The number of β-amino-alcohol motifs (C(OH)–C–C–N with tert-alkyl or cyclic N) is 1. The molecule has 8 nitrogen and oxygen atoms in total. The summed E-state index contributed by atoms with van der Waals surface area (Å²) in [6.07, 6.45) is 2.63. The Morgan fingerprint density at radius 1 is 0.857 bits per heavy atom. The molecule has 8 heteroatoms. The predicted octanol–water partition coefficient (Wildman–Crippen LogP) is 4.67. The van der Waals surface area contributed by atoms with Crippen molar-refractivity contribution in [2.75, 3.05) is 33.9 Å². The Bertz CT molecular complexity index is 1230. The monoisotopic (exact) mass is 574 g/mol. The number of benzene rings is 3. The van der Waals surface area contributed by atoms with Gasteiger partial charge in [0, 0.05) is 26.4 Å². The van der Waals surface area contributed by atoms with Gasteiger partial charge in [0.05, 0.1) is 33.0 Å². The normalized spacial score (nSPS) is 16.7. The number of carbonyl (C=O) groups excluding carboxylic acids is 2. The maximum atomic E-state index is 13.3. The largest absolute Gasteiger partial charge is 0.497 e. The molecule has 0 radical (unpaired) electrons. The van der Waals surface area contributed by atoms with Crippen molar-refractivity contribution in [1.29, 1.82) is 0 Å². The average molecular weight is 575 g/mol. The molecule has 1 fully saturated rings. The minimum Gasteiger partial charge on any atom is -0.497 e. The molecule has 3 aromatic rings. The van der Waals surface area contributed by atoms with Crippen molar-refractivity contribution >= 4 is 11.8 Å². The third-order valence-electron chi connectivity index (χ3n) is 7.82. The summed E-state index contributed by atoms with van der Waals surface area (Å²) in [5.41, 5.74) is 1.77. The third-order valence-corrected chi connectivity index (χ3v) is 7.82. The van der Waals surface area contributed by atoms with Crippen LogP contribution in [0.15, 0.2) is 78.9 Å². The summed E-state index contributed by atoms with van der Waals surface area (Å²) in [5, 5.41) is 13.4. The fraction of sp³-hybridized carbons (Fsp3) is 0.412. The smallest absolute Gasteiger partial charge is 0.222 e. The predicted molar refractivity (Wildman–Crippen MR) is 162 cm³/mol. The maximum absolute atomic E-state index is 13.3. The van der Waals surface area contributed by atoms with E-state index in [-0.39, 0.29) is 24.5 Å². The van der Waals surface area contributed by atoms with Crippen LogP contribution in [0.3, 0.4) is 0 Å². The SMILES string of the molecule is COc1ccc(C(OC[C@H]2C[C@H](O)CN2C(=O)CCCCCNC(C)=O)(c2ccccc2)c2ccc(OC)cc2)cc1. The molecule has 0 saturated carbocycles. The van der Waals surface area contributed by atoms with Gasteiger partial charge >= 0.3 is 0 Å². The zero-order chi connectivity index (χ0) is 30.0. The van der Waals surface area contributed by atoms with Crippen molar-refractivity contribution in [2.24, 2.45) is 0 Å². The zero-order valence-electron chi connectivity index (χ0n) is 24.8. The Balaban J connectivity index is 1.60. The van der Waals surface area contributed by atoms with Gasteiger partial charge in [-0.2, -0.15) is 0 Å². The number of ether oxygens (including phenoxy) is 3. The number of rotatable bonds is 14. The van der Waals surface area contributed by atoms with E-state index in [0.29, 0.717) is 25.9 Å². The topological polar surface area (TPSA) is 97.3 Å². The lowest BCUT2D eigenvalue weighted by atomic mass is 9.80. The Kier molecular flexibility index (Phi) is 11.0. The van der Waals surface area contributed by atoms with Crippen LogP contribution in [0.5, 0.6) is 11.5 Å². The first-order chi connectivity index (χ1) is 20.4. The number of hydrogen-bond acceptors (Lipinski definition) is 6. The van der Waals surface area contributed by atoms with Crippen LogP contribution in [0.2, 0.25) is 0 Å². The van der Waals surface area contributed by atoms with E-state index >= 15 is 0 Å². The quantitative estimate of drug-likeness (QED) is 0.215. The van der Waals surface area contributed by atoms with Crippen molar-refractivity contribution in [3.8, 4) is 11.5 Å². The number of nitrogens with one attached hydrogen (secondary N) is 1. The van der Waals surface area contributed by atoms with Gasteiger partial charge in [-0.25, -0.2) is 0 Å². The molecule has 1 aliphatic heterocycles. The molecule has 3 aromatic carbocycles. The van der Waals surface area contributed by atoms with E-state index in [9.17, 15) is 14.7 Å². The second kappa shape index (κ2) is 14.8. The van der Waals surface area contributed by atoms with Gasteiger partial charge in [0.25, 0.3) is 0 Å². The molecule has 0 aliphatic carbocycles. The first-order valence-corrected chi connectivity index (χ1v) is 14.6. The number of likely N-dealkylation sites (tertiary alicyclic amines) is 1. The van der Waals surface area contributed by atoms with E-state index in [2.05, 4.69) is 5.32 Å². The molecule has 0 aromatic heterocycles. The standard InChI is InChI=1S/C34H42N2O6/c1-25(37)35-21-9-5-8-12-33(39)36-23-30(38)22-29(36)24-42-34(26-10-6-4-7-11-26,27-13-17-31(40-2)18-14-27)28-15-19-32(41-3)20-16-28/h4,6-7,10-11,13-20,29-30,38H,5,8-9,12,21-24H2,1-3H3,(H,35,37)/t29-,30+/m1/s1. The molecule has 2 atom stereocenters. The van der Waals surface area contributed by atoms with Gasteiger partial charge in [-0.1, -0.05) is 61.0 Å². The summed E-state index contributed by atoms with van der Waals surface area (Å²) in [6, 6.07) is 25.4. The Morgan fingerprint density at radius 3 is 1.98 bits per heavy atom. The minimum atomic E-state index is -0.994. The van der Waals surface area contributed by atoms with Crippen LogP contribution in [0, 0.1) is 0 Å². The number of amides is 2. The van der Waals surface area contributed by atoms with Gasteiger partial charge < -0.3 is 29.5 Å². The molecule has 2 amide bonds. The number of nitrogens with zero attached hydrogens (tertiary/aromatic N) is 1. The van der Waals surface area contributed by atoms with Crippen LogP contribution >= 0.6 is 0 Å². The molecule has 1 aliphatic rings. The van der Waals surface area contributed by atoms with E-state index in [1.54, 1.807) is 19.1 Å².